The highest BCUT2D eigenvalue weighted by molar-refractivity contribution is 8.00. The van der Waals surface area contributed by atoms with Crippen LogP contribution in [0.15, 0.2) is 22.8 Å². The van der Waals surface area contributed by atoms with E-state index in [2.05, 4.69) is 9.97 Å². The Morgan fingerprint density at radius 1 is 1.42 bits per heavy atom. The van der Waals surface area contributed by atoms with Gasteiger partial charge >= 0.3 is 0 Å². The summed E-state index contributed by atoms with van der Waals surface area (Å²) >= 11 is 3.14. The van der Waals surface area contributed by atoms with Gasteiger partial charge in [0.05, 0.1) is 5.25 Å². The van der Waals surface area contributed by atoms with Crippen molar-refractivity contribution in [2.75, 3.05) is 13.1 Å². The smallest absolute Gasteiger partial charge is 0.235 e. The summed E-state index contributed by atoms with van der Waals surface area (Å²) < 4.78 is 0. The summed E-state index contributed by atoms with van der Waals surface area (Å²) in [5.74, 6) is 0.226. The quantitative estimate of drug-likeness (QED) is 0.645. The highest BCUT2D eigenvalue weighted by Gasteiger charge is 2.24. The SMILES string of the molecule is CC(Sc1ncnc2sccc12)C(=O)N1CCCC1. The summed E-state index contributed by atoms with van der Waals surface area (Å²) in [6.45, 7) is 3.77. The van der Waals surface area contributed by atoms with Crippen LogP contribution in [0, 0.1) is 0 Å². The van der Waals surface area contributed by atoms with Gasteiger partial charge in [-0.2, -0.15) is 0 Å². The van der Waals surface area contributed by atoms with Gasteiger partial charge < -0.3 is 4.90 Å². The molecule has 0 spiro atoms. The minimum absolute atomic E-state index is 0.0869. The number of aromatic nitrogens is 2. The Kier molecular flexibility index (Phi) is 3.70. The van der Waals surface area contributed by atoms with Crippen LogP contribution in [0.1, 0.15) is 19.8 Å². The zero-order valence-electron chi connectivity index (χ0n) is 10.7. The number of hydrogen-bond donors (Lipinski definition) is 0. The Morgan fingerprint density at radius 2 is 2.21 bits per heavy atom. The van der Waals surface area contributed by atoms with Crippen LogP contribution >= 0.6 is 23.1 Å². The second-order valence-electron chi connectivity index (χ2n) is 4.61. The summed E-state index contributed by atoms with van der Waals surface area (Å²) in [5, 5.41) is 3.89. The number of fused-ring (bicyclic) bond motifs is 1. The number of nitrogens with zero attached hydrogens (tertiary/aromatic N) is 3. The van der Waals surface area contributed by atoms with Gasteiger partial charge in [-0.25, -0.2) is 9.97 Å². The van der Waals surface area contributed by atoms with Gasteiger partial charge in [-0.15, -0.1) is 11.3 Å². The van der Waals surface area contributed by atoms with E-state index in [0.717, 1.165) is 41.2 Å². The molecule has 3 heterocycles. The normalized spacial score (nSPS) is 17.0. The second kappa shape index (κ2) is 5.46. The second-order valence-corrected chi connectivity index (χ2v) is 6.83. The fourth-order valence-electron chi connectivity index (χ4n) is 2.27. The first-order valence-corrected chi connectivity index (χ1v) is 8.15. The first kappa shape index (κ1) is 12.9. The maximum atomic E-state index is 12.3. The molecule has 0 bridgehead atoms. The van der Waals surface area contributed by atoms with Crippen molar-refractivity contribution in [1.82, 2.24) is 14.9 Å². The Morgan fingerprint density at radius 3 is 3.00 bits per heavy atom. The van der Waals surface area contributed by atoms with Crippen molar-refractivity contribution in [2.24, 2.45) is 0 Å². The van der Waals surface area contributed by atoms with Crippen molar-refractivity contribution in [3.05, 3.63) is 17.8 Å². The van der Waals surface area contributed by atoms with Crippen LogP contribution in [0.25, 0.3) is 10.2 Å². The third-order valence-corrected chi connectivity index (χ3v) is 5.20. The Balaban J connectivity index is 1.76. The van der Waals surface area contributed by atoms with Crippen molar-refractivity contribution in [3.8, 4) is 0 Å². The van der Waals surface area contributed by atoms with Gasteiger partial charge in [0.2, 0.25) is 5.91 Å². The van der Waals surface area contributed by atoms with Crippen molar-refractivity contribution in [3.63, 3.8) is 0 Å². The standard InChI is InChI=1S/C13H15N3OS2/c1-9(13(17)16-5-2-3-6-16)19-12-10-4-7-18-11(10)14-8-15-12/h4,7-9H,2-3,5-6H2,1H3. The van der Waals surface area contributed by atoms with Crippen molar-refractivity contribution < 1.29 is 4.79 Å². The molecule has 1 atom stereocenters. The maximum absolute atomic E-state index is 12.3. The number of rotatable bonds is 3. The van der Waals surface area contributed by atoms with Crippen molar-refractivity contribution in [1.29, 1.82) is 0 Å². The summed E-state index contributed by atoms with van der Waals surface area (Å²) in [5.41, 5.74) is 0. The van der Waals surface area contributed by atoms with Gasteiger partial charge in [0.15, 0.2) is 0 Å². The first-order valence-electron chi connectivity index (χ1n) is 6.39. The highest BCUT2D eigenvalue weighted by atomic mass is 32.2. The molecule has 2 aromatic heterocycles. The van der Waals surface area contributed by atoms with Crippen LogP contribution in [0.5, 0.6) is 0 Å². The molecule has 0 aliphatic carbocycles. The highest BCUT2D eigenvalue weighted by Crippen LogP contribution is 2.31. The zero-order valence-corrected chi connectivity index (χ0v) is 12.3. The number of amides is 1. The number of carbonyl (C=O) groups is 1. The summed E-state index contributed by atoms with van der Waals surface area (Å²) in [6.07, 6.45) is 3.84. The average molecular weight is 293 g/mol. The molecule has 1 aliphatic rings. The zero-order chi connectivity index (χ0) is 13.2. The third-order valence-electron chi connectivity index (χ3n) is 3.28. The van der Waals surface area contributed by atoms with Crippen LogP contribution in [-0.4, -0.2) is 39.1 Å². The lowest BCUT2D eigenvalue weighted by molar-refractivity contribution is -0.129. The van der Waals surface area contributed by atoms with E-state index >= 15 is 0 Å². The molecule has 0 radical (unpaired) electrons. The molecular weight excluding hydrogens is 278 g/mol. The van der Waals surface area contributed by atoms with Crippen LogP contribution in [0.2, 0.25) is 0 Å². The number of thiophene rings is 1. The molecule has 4 nitrogen and oxygen atoms in total. The molecule has 3 rings (SSSR count). The molecule has 1 aliphatic heterocycles. The minimum Gasteiger partial charge on any atom is -0.342 e. The number of thioether (sulfide) groups is 1. The van der Waals surface area contributed by atoms with E-state index < -0.39 is 0 Å². The van der Waals surface area contributed by atoms with Crippen LogP contribution < -0.4 is 0 Å². The molecule has 100 valence electrons. The van der Waals surface area contributed by atoms with Gasteiger partial charge in [0, 0.05) is 18.5 Å². The summed E-state index contributed by atoms with van der Waals surface area (Å²) in [4.78, 5) is 23.8. The molecule has 2 aromatic rings. The van der Waals surface area contributed by atoms with Gasteiger partial charge in [-0.3, -0.25) is 4.79 Å². The molecule has 19 heavy (non-hydrogen) atoms. The Bertz CT molecular complexity index is 592. The topological polar surface area (TPSA) is 46.1 Å². The first-order chi connectivity index (χ1) is 9.25. The van der Waals surface area contributed by atoms with E-state index in [1.165, 1.54) is 11.8 Å². The number of likely N-dealkylation sites (tertiary alicyclic amines) is 1. The predicted molar refractivity (Wildman–Crippen MR) is 78.5 cm³/mol. The molecule has 0 N–H and O–H groups in total. The van der Waals surface area contributed by atoms with Gasteiger partial charge in [-0.1, -0.05) is 11.8 Å². The largest absolute Gasteiger partial charge is 0.342 e. The van der Waals surface area contributed by atoms with E-state index in [0.29, 0.717) is 0 Å². The van der Waals surface area contributed by atoms with E-state index in [-0.39, 0.29) is 11.2 Å². The van der Waals surface area contributed by atoms with E-state index in [9.17, 15) is 4.79 Å². The van der Waals surface area contributed by atoms with E-state index in [4.69, 9.17) is 0 Å². The fraction of sp³-hybridized carbons (Fsp3) is 0.462. The van der Waals surface area contributed by atoms with E-state index in [1.54, 1.807) is 17.7 Å². The molecule has 1 unspecified atom stereocenters. The summed E-state index contributed by atoms with van der Waals surface area (Å²) in [6, 6.07) is 2.02. The predicted octanol–water partition coefficient (Wildman–Crippen LogP) is 2.79. The van der Waals surface area contributed by atoms with Gasteiger partial charge in [0.1, 0.15) is 16.2 Å². The van der Waals surface area contributed by atoms with Gasteiger partial charge in [-0.05, 0) is 31.2 Å². The Hall–Kier alpha value is -1.14. The minimum atomic E-state index is -0.0869. The fourth-order valence-corrected chi connectivity index (χ4v) is 4.06. The van der Waals surface area contributed by atoms with Crippen molar-refractivity contribution >= 4 is 39.2 Å². The van der Waals surface area contributed by atoms with E-state index in [1.807, 2.05) is 23.3 Å². The Labute approximate surface area is 120 Å². The van der Waals surface area contributed by atoms with Gasteiger partial charge in [0.25, 0.3) is 0 Å². The lowest BCUT2D eigenvalue weighted by atomic mass is 10.4. The molecule has 6 heteroatoms. The number of hydrogen-bond acceptors (Lipinski definition) is 5. The maximum Gasteiger partial charge on any atom is 0.235 e. The summed E-state index contributed by atoms with van der Waals surface area (Å²) in [7, 11) is 0. The van der Waals surface area contributed by atoms with Crippen LogP contribution in [-0.2, 0) is 4.79 Å². The third kappa shape index (κ3) is 2.60. The van der Waals surface area contributed by atoms with Crippen LogP contribution in [0.4, 0.5) is 0 Å². The lowest BCUT2D eigenvalue weighted by Gasteiger charge is -2.19. The molecular formula is C13H15N3OS2. The monoisotopic (exact) mass is 293 g/mol. The molecule has 1 fully saturated rings. The number of carbonyl (C=O) groups excluding carboxylic acids is 1. The molecule has 0 saturated carbocycles. The molecule has 1 saturated heterocycles. The lowest BCUT2D eigenvalue weighted by Crippen LogP contribution is -2.34. The van der Waals surface area contributed by atoms with Crippen molar-refractivity contribution in [2.45, 2.75) is 30.0 Å². The molecule has 1 amide bonds. The molecule has 0 aromatic carbocycles. The average Bonchev–Trinajstić information content (AvgIpc) is 3.09. The van der Waals surface area contributed by atoms with Crippen LogP contribution in [0.3, 0.4) is 0 Å².